The van der Waals surface area contributed by atoms with Crippen molar-refractivity contribution in [2.45, 2.75) is 46.2 Å². The van der Waals surface area contributed by atoms with Crippen molar-refractivity contribution < 1.29 is 0 Å². The summed E-state index contributed by atoms with van der Waals surface area (Å²) < 4.78 is 2.32. The molecule has 4 aromatic rings. The van der Waals surface area contributed by atoms with Crippen molar-refractivity contribution in [3.63, 3.8) is 0 Å². The molecule has 40 heavy (non-hydrogen) atoms. The number of hydrogen-bond acceptors (Lipinski definition) is 3. The number of rotatable bonds is 5. The predicted molar refractivity (Wildman–Crippen MR) is 170 cm³/mol. The topological polar surface area (TPSA) is 36.3 Å². The van der Waals surface area contributed by atoms with Crippen molar-refractivity contribution >= 4 is 40.3 Å². The van der Waals surface area contributed by atoms with Crippen molar-refractivity contribution in [2.24, 2.45) is 11.8 Å². The number of thiocarbonyl (C=S) groups is 1. The van der Waals surface area contributed by atoms with Gasteiger partial charge in [-0.25, -0.2) is 0 Å². The van der Waals surface area contributed by atoms with Crippen LogP contribution in [0.2, 0.25) is 5.02 Å². The van der Waals surface area contributed by atoms with Gasteiger partial charge in [-0.15, -0.1) is 0 Å². The number of halogens is 1. The van der Waals surface area contributed by atoms with E-state index >= 15 is 0 Å². The second-order valence-corrected chi connectivity index (χ2v) is 12.3. The minimum Gasteiger partial charge on any atom is -0.370 e. The SMILES string of the molecule is Cc1cc([C@@H]2[C@H](c3ccccn3)NC(=S)N2c2ccc(N3C[C@H](C)C[C@@H](C)C3)c(Cl)c2)c(C)n1-c1ccccc1. The van der Waals surface area contributed by atoms with E-state index in [9.17, 15) is 0 Å². The van der Waals surface area contributed by atoms with E-state index in [0.29, 0.717) is 16.9 Å². The lowest BCUT2D eigenvalue weighted by molar-refractivity contribution is 0.357. The van der Waals surface area contributed by atoms with Crippen LogP contribution in [0.3, 0.4) is 0 Å². The van der Waals surface area contributed by atoms with Crippen LogP contribution in [-0.4, -0.2) is 27.8 Å². The second kappa shape index (κ2) is 10.9. The van der Waals surface area contributed by atoms with Gasteiger partial charge in [-0.1, -0.05) is 49.7 Å². The molecule has 0 aliphatic carbocycles. The van der Waals surface area contributed by atoms with Crippen LogP contribution < -0.4 is 15.1 Å². The van der Waals surface area contributed by atoms with Gasteiger partial charge in [0.25, 0.3) is 0 Å². The molecular formula is C33H36ClN5S. The van der Waals surface area contributed by atoms with Crippen molar-refractivity contribution in [3.05, 3.63) is 107 Å². The molecule has 1 N–H and O–H groups in total. The normalized spacial score (nSPS) is 23.0. The highest BCUT2D eigenvalue weighted by atomic mass is 35.5. The summed E-state index contributed by atoms with van der Waals surface area (Å²) in [5, 5.41) is 5.04. The summed E-state index contributed by atoms with van der Waals surface area (Å²) in [6, 6.07) is 25.1. The molecule has 7 heteroatoms. The van der Waals surface area contributed by atoms with Gasteiger partial charge in [0.2, 0.25) is 0 Å². The summed E-state index contributed by atoms with van der Waals surface area (Å²) in [5.74, 6) is 1.30. The Bertz CT molecular complexity index is 1510. The quantitative estimate of drug-likeness (QED) is 0.248. The fourth-order valence-electron chi connectivity index (χ4n) is 6.77. The molecule has 0 bridgehead atoms. The molecule has 5 nitrogen and oxygen atoms in total. The molecule has 2 aromatic carbocycles. The van der Waals surface area contributed by atoms with Crippen LogP contribution in [0.5, 0.6) is 0 Å². The fraction of sp³-hybridized carbons (Fsp3) is 0.333. The van der Waals surface area contributed by atoms with Crippen LogP contribution >= 0.6 is 23.8 Å². The lowest BCUT2D eigenvalue weighted by Gasteiger charge is -2.37. The maximum atomic E-state index is 7.02. The molecule has 4 atom stereocenters. The zero-order valence-corrected chi connectivity index (χ0v) is 25.1. The van der Waals surface area contributed by atoms with Gasteiger partial charge >= 0.3 is 0 Å². The highest BCUT2D eigenvalue weighted by Gasteiger charge is 2.42. The summed E-state index contributed by atoms with van der Waals surface area (Å²) in [6.07, 6.45) is 3.11. The van der Waals surface area contributed by atoms with E-state index in [1.165, 1.54) is 23.4 Å². The predicted octanol–water partition coefficient (Wildman–Crippen LogP) is 7.80. The Morgan fingerprint density at radius 2 is 1.62 bits per heavy atom. The number of hydrogen-bond donors (Lipinski definition) is 1. The minimum atomic E-state index is -0.110. The number of piperidine rings is 1. The van der Waals surface area contributed by atoms with E-state index in [2.05, 4.69) is 108 Å². The molecule has 206 valence electrons. The third-order valence-corrected chi connectivity index (χ3v) is 8.94. The van der Waals surface area contributed by atoms with Crippen LogP contribution in [0.25, 0.3) is 5.69 Å². The molecule has 0 spiro atoms. The molecule has 2 aromatic heterocycles. The Balaban J connectivity index is 1.44. The van der Waals surface area contributed by atoms with Crippen LogP contribution in [0.1, 0.15) is 55.0 Å². The number of nitrogens with one attached hydrogen (secondary N) is 1. The highest BCUT2D eigenvalue weighted by Crippen LogP contribution is 2.45. The lowest BCUT2D eigenvalue weighted by Crippen LogP contribution is -2.38. The van der Waals surface area contributed by atoms with E-state index in [1.807, 2.05) is 18.3 Å². The Morgan fingerprint density at radius 1 is 0.900 bits per heavy atom. The molecule has 0 saturated carbocycles. The zero-order valence-electron chi connectivity index (χ0n) is 23.5. The molecule has 0 amide bonds. The van der Waals surface area contributed by atoms with E-state index < -0.39 is 0 Å². The second-order valence-electron chi connectivity index (χ2n) is 11.5. The summed E-state index contributed by atoms with van der Waals surface area (Å²) in [5.41, 5.74) is 7.77. The molecular weight excluding hydrogens is 534 g/mol. The number of nitrogens with zero attached hydrogens (tertiary/aromatic N) is 4. The molecule has 4 heterocycles. The van der Waals surface area contributed by atoms with Gasteiger partial charge in [0, 0.05) is 42.0 Å². The Labute approximate surface area is 247 Å². The third kappa shape index (κ3) is 4.88. The van der Waals surface area contributed by atoms with E-state index in [-0.39, 0.29) is 12.1 Å². The zero-order chi connectivity index (χ0) is 28.0. The maximum Gasteiger partial charge on any atom is 0.174 e. The number of aryl methyl sites for hydroxylation is 1. The van der Waals surface area contributed by atoms with Gasteiger partial charge in [-0.2, -0.15) is 0 Å². The van der Waals surface area contributed by atoms with Crippen molar-refractivity contribution in [2.75, 3.05) is 22.9 Å². The third-order valence-electron chi connectivity index (χ3n) is 8.32. The summed E-state index contributed by atoms with van der Waals surface area (Å²) in [6.45, 7) is 11.1. The minimum absolute atomic E-state index is 0.0944. The Hall–Kier alpha value is -3.35. The van der Waals surface area contributed by atoms with Crippen molar-refractivity contribution in [1.29, 1.82) is 0 Å². The van der Waals surface area contributed by atoms with Crippen LogP contribution in [0.4, 0.5) is 11.4 Å². The monoisotopic (exact) mass is 569 g/mol. The van der Waals surface area contributed by atoms with Gasteiger partial charge in [0.05, 0.1) is 28.5 Å². The van der Waals surface area contributed by atoms with Crippen LogP contribution in [-0.2, 0) is 0 Å². The highest BCUT2D eigenvalue weighted by molar-refractivity contribution is 7.80. The van der Waals surface area contributed by atoms with Crippen LogP contribution in [0, 0.1) is 25.7 Å². The first-order valence-electron chi connectivity index (χ1n) is 14.1. The average Bonchev–Trinajstić information content (AvgIpc) is 3.43. The lowest BCUT2D eigenvalue weighted by atomic mass is 9.91. The first-order valence-corrected chi connectivity index (χ1v) is 14.9. The smallest absolute Gasteiger partial charge is 0.174 e. The first-order chi connectivity index (χ1) is 19.3. The Kier molecular flexibility index (Phi) is 7.32. The molecule has 6 rings (SSSR count). The van der Waals surface area contributed by atoms with Crippen LogP contribution in [0.15, 0.2) is 79.0 Å². The molecule has 2 aliphatic heterocycles. The number of pyridine rings is 1. The molecule has 0 radical (unpaired) electrons. The number of aromatic nitrogens is 2. The fourth-order valence-corrected chi connectivity index (χ4v) is 7.41. The summed E-state index contributed by atoms with van der Waals surface area (Å²) in [4.78, 5) is 9.40. The molecule has 2 saturated heterocycles. The largest absolute Gasteiger partial charge is 0.370 e. The summed E-state index contributed by atoms with van der Waals surface area (Å²) >= 11 is 13.0. The molecule has 2 aliphatic rings. The average molecular weight is 570 g/mol. The van der Waals surface area contributed by atoms with Gasteiger partial charge in [-0.3, -0.25) is 4.98 Å². The standard InChI is InChI=1S/C33H36ClN5S/c1-21-16-22(2)20-37(19-21)30-14-13-26(18-28(30)34)39-32(31(36-33(39)40)29-12-8-9-15-35-29)27-17-23(3)38(24(27)4)25-10-6-5-7-11-25/h5-15,17-18,21-22,31-32H,16,19-20H2,1-4H3,(H,36,40)/t21-,22-,31+,32-/m1/s1. The van der Waals surface area contributed by atoms with Crippen molar-refractivity contribution in [1.82, 2.24) is 14.9 Å². The Morgan fingerprint density at radius 3 is 2.30 bits per heavy atom. The van der Waals surface area contributed by atoms with Gasteiger partial charge in [0.1, 0.15) is 0 Å². The number of benzene rings is 2. The number of anilines is 2. The van der Waals surface area contributed by atoms with E-state index in [4.69, 9.17) is 28.8 Å². The van der Waals surface area contributed by atoms with Gasteiger partial charge in [-0.05, 0) is 98.4 Å². The summed E-state index contributed by atoms with van der Waals surface area (Å²) in [7, 11) is 0. The van der Waals surface area contributed by atoms with Gasteiger partial charge < -0.3 is 19.7 Å². The van der Waals surface area contributed by atoms with E-state index in [1.54, 1.807) is 0 Å². The number of para-hydroxylation sites is 1. The molecule has 0 unspecified atom stereocenters. The van der Waals surface area contributed by atoms with E-state index in [0.717, 1.165) is 40.9 Å². The molecule has 2 fully saturated rings. The first kappa shape index (κ1) is 26.9. The van der Waals surface area contributed by atoms with Crippen molar-refractivity contribution in [3.8, 4) is 5.69 Å². The maximum absolute atomic E-state index is 7.02. The van der Waals surface area contributed by atoms with Gasteiger partial charge in [0.15, 0.2) is 5.11 Å².